The summed E-state index contributed by atoms with van der Waals surface area (Å²) in [4.78, 5) is 11.2. The normalized spacial score (nSPS) is 29.4. The lowest BCUT2D eigenvalue weighted by atomic mass is 9.75. The summed E-state index contributed by atoms with van der Waals surface area (Å²) in [5.74, 6) is 0.213. The minimum absolute atomic E-state index is 0.141. The Kier molecular flexibility index (Phi) is 1.20. The summed E-state index contributed by atoms with van der Waals surface area (Å²) in [6.07, 6.45) is 3.25. The fourth-order valence-corrected chi connectivity index (χ4v) is 1.66. The lowest BCUT2D eigenvalue weighted by Gasteiger charge is -2.43. The van der Waals surface area contributed by atoms with Gasteiger partial charge in [-0.15, -0.1) is 0 Å². The summed E-state index contributed by atoms with van der Waals surface area (Å²) in [6.45, 7) is 1.73. The van der Waals surface area contributed by atoms with E-state index in [4.69, 9.17) is 0 Å². The maximum atomic E-state index is 11.2. The molecule has 1 amide bonds. The highest BCUT2D eigenvalue weighted by Crippen LogP contribution is 2.32. The number of piperazine rings is 1. The Bertz CT molecular complexity index is 163. The Morgan fingerprint density at radius 2 is 2.10 bits per heavy atom. The van der Waals surface area contributed by atoms with Crippen LogP contribution in [0.5, 0.6) is 0 Å². The van der Waals surface area contributed by atoms with Crippen LogP contribution in [-0.2, 0) is 4.79 Å². The molecule has 2 rings (SSSR count). The van der Waals surface area contributed by atoms with E-state index in [0.717, 1.165) is 25.9 Å². The van der Waals surface area contributed by atoms with E-state index in [1.807, 2.05) is 0 Å². The molecule has 3 nitrogen and oxygen atoms in total. The van der Waals surface area contributed by atoms with Gasteiger partial charge in [0.2, 0.25) is 5.91 Å². The van der Waals surface area contributed by atoms with Crippen LogP contribution in [0.4, 0.5) is 0 Å². The molecule has 2 fully saturated rings. The van der Waals surface area contributed by atoms with Crippen molar-refractivity contribution in [1.82, 2.24) is 10.6 Å². The van der Waals surface area contributed by atoms with Crippen LogP contribution in [0, 0.1) is 0 Å². The second-order valence-electron chi connectivity index (χ2n) is 3.12. The van der Waals surface area contributed by atoms with Gasteiger partial charge in [-0.05, 0) is 19.3 Å². The van der Waals surface area contributed by atoms with E-state index in [0.29, 0.717) is 0 Å². The minimum Gasteiger partial charge on any atom is -0.353 e. The average Bonchev–Trinajstić information content (AvgIpc) is 1.85. The second-order valence-corrected chi connectivity index (χ2v) is 3.12. The van der Waals surface area contributed by atoms with Gasteiger partial charge in [0, 0.05) is 13.1 Å². The molecule has 0 aromatic rings. The molecule has 0 radical (unpaired) electrons. The smallest absolute Gasteiger partial charge is 0.240 e. The summed E-state index contributed by atoms with van der Waals surface area (Å²) in [6, 6.07) is 0. The standard InChI is InChI=1S/C7H12N2O/c10-6-7(2-1-3-7)9-5-4-8-6/h9H,1-5H2,(H,8,10). The molecular formula is C7H12N2O. The van der Waals surface area contributed by atoms with Gasteiger partial charge in [0.15, 0.2) is 0 Å². The van der Waals surface area contributed by atoms with Crippen molar-refractivity contribution < 1.29 is 4.79 Å². The highest BCUT2D eigenvalue weighted by molar-refractivity contribution is 5.88. The molecule has 2 N–H and O–H groups in total. The Labute approximate surface area is 60.2 Å². The predicted molar refractivity (Wildman–Crippen MR) is 37.6 cm³/mol. The molecule has 1 saturated heterocycles. The molecular weight excluding hydrogens is 128 g/mol. The molecule has 0 unspecified atom stereocenters. The van der Waals surface area contributed by atoms with Crippen molar-refractivity contribution in [3.8, 4) is 0 Å². The summed E-state index contributed by atoms with van der Waals surface area (Å²) in [5.41, 5.74) is -0.141. The maximum Gasteiger partial charge on any atom is 0.240 e. The number of rotatable bonds is 0. The van der Waals surface area contributed by atoms with Crippen LogP contribution in [0.25, 0.3) is 0 Å². The van der Waals surface area contributed by atoms with Crippen molar-refractivity contribution in [2.75, 3.05) is 13.1 Å². The third-order valence-corrected chi connectivity index (χ3v) is 2.52. The van der Waals surface area contributed by atoms with Gasteiger partial charge in [-0.1, -0.05) is 0 Å². The van der Waals surface area contributed by atoms with Gasteiger partial charge in [0.25, 0.3) is 0 Å². The number of carbonyl (C=O) groups excluding carboxylic acids is 1. The fraction of sp³-hybridized carbons (Fsp3) is 0.857. The van der Waals surface area contributed by atoms with Gasteiger partial charge in [0.05, 0.1) is 5.54 Å². The van der Waals surface area contributed by atoms with E-state index >= 15 is 0 Å². The molecule has 0 aromatic heterocycles. The van der Waals surface area contributed by atoms with Crippen molar-refractivity contribution in [1.29, 1.82) is 0 Å². The number of nitrogens with one attached hydrogen (secondary N) is 2. The van der Waals surface area contributed by atoms with Gasteiger partial charge in [-0.3, -0.25) is 4.79 Å². The zero-order valence-corrected chi connectivity index (χ0v) is 5.94. The zero-order valence-electron chi connectivity index (χ0n) is 5.94. The molecule has 1 heterocycles. The van der Waals surface area contributed by atoms with Crippen molar-refractivity contribution in [2.45, 2.75) is 24.8 Å². The Morgan fingerprint density at radius 1 is 1.30 bits per heavy atom. The molecule has 1 saturated carbocycles. The highest BCUT2D eigenvalue weighted by atomic mass is 16.2. The Balaban J connectivity index is 2.10. The zero-order chi connectivity index (χ0) is 7.03. The molecule has 3 heteroatoms. The maximum absolute atomic E-state index is 11.2. The first-order valence-corrected chi connectivity index (χ1v) is 3.87. The van der Waals surface area contributed by atoms with Crippen molar-refractivity contribution >= 4 is 5.91 Å². The molecule has 1 aliphatic heterocycles. The Hall–Kier alpha value is -0.570. The third-order valence-electron chi connectivity index (χ3n) is 2.52. The van der Waals surface area contributed by atoms with Crippen LogP contribution in [0.15, 0.2) is 0 Å². The summed E-state index contributed by atoms with van der Waals surface area (Å²) in [5, 5.41) is 6.14. The summed E-state index contributed by atoms with van der Waals surface area (Å²) < 4.78 is 0. The van der Waals surface area contributed by atoms with Crippen LogP contribution in [-0.4, -0.2) is 24.5 Å². The molecule has 1 aliphatic carbocycles. The number of amides is 1. The van der Waals surface area contributed by atoms with E-state index in [9.17, 15) is 4.79 Å². The third kappa shape index (κ3) is 0.669. The monoisotopic (exact) mass is 140 g/mol. The van der Waals surface area contributed by atoms with Gasteiger partial charge in [-0.25, -0.2) is 0 Å². The highest BCUT2D eigenvalue weighted by Gasteiger charge is 2.44. The van der Waals surface area contributed by atoms with E-state index in [1.54, 1.807) is 0 Å². The molecule has 0 aromatic carbocycles. The van der Waals surface area contributed by atoms with Crippen LogP contribution in [0.3, 0.4) is 0 Å². The van der Waals surface area contributed by atoms with Crippen molar-refractivity contribution in [3.63, 3.8) is 0 Å². The molecule has 0 bridgehead atoms. The van der Waals surface area contributed by atoms with Gasteiger partial charge >= 0.3 is 0 Å². The van der Waals surface area contributed by atoms with Gasteiger partial charge in [0.1, 0.15) is 0 Å². The van der Waals surface area contributed by atoms with Crippen LogP contribution >= 0.6 is 0 Å². The lowest BCUT2D eigenvalue weighted by molar-refractivity contribution is -0.132. The molecule has 2 aliphatic rings. The van der Waals surface area contributed by atoms with E-state index in [2.05, 4.69) is 10.6 Å². The average molecular weight is 140 g/mol. The quantitative estimate of drug-likeness (QED) is 0.482. The molecule has 1 spiro atoms. The molecule has 0 atom stereocenters. The summed E-state index contributed by atoms with van der Waals surface area (Å²) >= 11 is 0. The first kappa shape index (κ1) is 6.16. The van der Waals surface area contributed by atoms with E-state index in [-0.39, 0.29) is 11.4 Å². The Morgan fingerprint density at radius 3 is 2.50 bits per heavy atom. The van der Waals surface area contributed by atoms with Crippen molar-refractivity contribution in [2.24, 2.45) is 0 Å². The summed E-state index contributed by atoms with van der Waals surface area (Å²) in [7, 11) is 0. The lowest BCUT2D eigenvalue weighted by Crippen LogP contribution is -2.66. The van der Waals surface area contributed by atoms with Crippen LogP contribution in [0.2, 0.25) is 0 Å². The number of hydrogen-bond donors (Lipinski definition) is 2. The van der Waals surface area contributed by atoms with Crippen molar-refractivity contribution in [3.05, 3.63) is 0 Å². The topological polar surface area (TPSA) is 41.1 Å². The minimum atomic E-state index is -0.141. The number of hydrogen-bond acceptors (Lipinski definition) is 2. The van der Waals surface area contributed by atoms with Gasteiger partial charge in [-0.2, -0.15) is 0 Å². The number of carbonyl (C=O) groups is 1. The first-order valence-electron chi connectivity index (χ1n) is 3.87. The van der Waals surface area contributed by atoms with Crippen LogP contribution in [0.1, 0.15) is 19.3 Å². The van der Waals surface area contributed by atoms with Crippen LogP contribution < -0.4 is 10.6 Å². The van der Waals surface area contributed by atoms with E-state index in [1.165, 1.54) is 6.42 Å². The molecule has 10 heavy (non-hydrogen) atoms. The SMILES string of the molecule is O=C1NCCNC12CCC2. The van der Waals surface area contributed by atoms with E-state index < -0.39 is 0 Å². The first-order chi connectivity index (χ1) is 4.83. The fourth-order valence-electron chi connectivity index (χ4n) is 1.66. The van der Waals surface area contributed by atoms with Gasteiger partial charge < -0.3 is 10.6 Å². The molecule has 56 valence electrons. The largest absolute Gasteiger partial charge is 0.353 e. The second kappa shape index (κ2) is 1.95. The predicted octanol–water partition coefficient (Wildman–Crippen LogP) is -0.372.